The number of carboxylic acid groups (broad SMARTS) is 1. The Morgan fingerprint density at radius 3 is 2.40 bits per heavy atom. The highest BCUT2D eigenvalue weighted by Crippen LogP contribution is 2.28. The van der Waals surface area contributed by atoms with Gasteiger partial charge < -0.3 is 5.11 Å². The lowest BCUT2D eigenvalue weighted by atomic mass is 10.2. The number of hydrogen-bond acceptors (Lipinski definition) is 2. The first-order valence-electron chi connectivity index (χ1n) is 3.72. The summed E-state index contributed by atoms with van der Waals surface area (Å²) in [5, 5.41) is 8.50. The Morgan fingerprint density at radius 1 is 1.40 bits per heavy atom. The maximum absolute atomic E-state index is 12.2. The Morgan fingerprint density at radius 2 is 2.00 bits per heavy atom. The number of nitrogens with zero attached hydrogens (tertiary/aromatic N) is 1. The van der Waals surface area contributed by atoms with Gasteiger partial charge in [0.25, 0.3) is 0 Å². The topological polar surface area (TPSA) is 50.2 Å². The second kappa shape index (κ2) is 3.84. The maximum atomic E-state index is 12.2. The Labute approximate surface area is 81.4 Å². The van der Waals surface area contributed by atoms with Gasteiger partial charge in [-0.1, -0.05) is 0 Å². The predicted octanol–water partition coefficient (Wildman–Crippen LogP) is 2.27. The summed E-state index contributed by atoms with van der Waals surface area (Å²) in [6.45, 7) is -1.36. The third-order valence-electron chi connectivity index (χ3n) is 1.62. The maximum Gasteiger partial charge on any atom is 0.433 e. The molecule has 0 bridgehead atoms. The summed E-state index contributed by atoms with van der Waals surface area (Å²) in [7, 11) is 0. The first-order valence-corrected chi connectivity index (χ1v) is 3.72. The zero-order valence-electron chi connectivity index (χ0n) is 7.18. The molecule has 3 nitrogen and oxygen atoms in total. The molecule has 0 aliphatic rings. The Bertz CT molecular complexity index is 389. The van der Waals surface area contributed by atoms with E-state index in [4.69, 9.17) is 5.11 Å². The molecule has 0 fully saturated rings. The SMILES string of the molecule is O=C(O)c1ccc(C(F)(F)F)nc1CF. The molecular weight excluding hydrogens is 218 g/mol. The van der Waals surface area contributed by atoms with Crippen molar-refractivity contribution in [2.24, 2.45) is 0 Å². The van der Waals surface area contributed by atoms with Crippen LogP contribution in [-0.2, 0) is 12.9 Å². The van der Waals surface area contributed by atoms with Gasteiger partial charge in [0.1, 0.15) is 12.4 Å². The van der Waals surface area contributed by atoms with Gasteiger partial charge in [0.15, 0.2) is 0 Å². The lowest BCUT2D eigenvalue weighted by Crippen LogP contribution is -2.12. The van der Waals surface area contributed by atoms with Crippen LogP contribution in [0.4, 0.5) is 17.6 Å². The largest absolute Gasteiger partial charge is 0.478 e. The van der Waals surface area contributed by atoms with Gasteiger partial charge in [-0.3, -0.25) is 0 Å². The Kier molecular flexibility index (Phi) is 2.92. The normalized spacial score (nSPS) is 11.5. The monoisotopic (exact) mass is 223 g/mol. The van der Waals surface area contributed by atoms with Crippen molar-refractivity contribution in [2.75, 3.05) is 0 Å². The standard InChI is InChI=1S/C8H5F4NO2/c9-3-5-4(7(14)15)1-2-6(13-5)8(10,11)12/h1-2H,3H2,(H,14,15). The molecule has 7 heteroatoms. The van der Waals surface area contributed by atoms with Gasteiger partial charge >= 0.3 is 12.1 Å². The summed E-state index contributed by atoms with van der Waals surface area (Å²) >= 11 is 0. The Balaban J connectivity index is 3.25. The van der Waals surface area contributed by atoms with E-state index in [0.29, 0.717) is 12.1 Å². The zero-order valence-corrected chi connectivity index (χ0v) is 7.18. The van der Waals surface area contributed by atoms with E-state index in [1.807, 2.05) is 0 Å². The van der Waals surface area contributed by atoms with Gasteiger partial charge in [-0.25, -0.2) is 14.2 Å². The summed E-state index contributed by atoms with van der Waals surface area (Å²) < 4.78 is 48.5. The molecule has 1 rings (SSSR count). The second-order valence-corrected chi connectivity index (χ2v) is 2.63. The zero-order chi connectivity index (χ0) is 11.6. The molecule has 1 aromatic rings. The number of aromatic carboxylic acids is 1. The van der Waals surface area contributed by atoms with Crippen molar-refractivity contribution in [2.45, 2.75) is 12.9 Å². The summed E-state index contributed by atoms with van der Waals surface area (Å²) in [6.07, 6.45) is -4.71. The minimum Gasteiger partial charge on any atom is -0.478 e. The van der Waals surface area contributed by atoms with Crippen molar-refractivity contribution in [1.82, 2.24) is 4.98 Å². The molecule has 15 heavy (non-hydrogen) atoms. The van der Waals surface area contributed by atoms with Gasteiger partial charge in [-0.15, -0.1) is 0 Å². The summed E-state index contributed by atoms with van der Waals surface area (Å²) in [4.78, 5) is 13.4. The van der Waals surface area contributed by atoms with Crippen LogP contribution in [0, 0.1) is 0 Å². The first-order chi connectivity index (χ1) is 6.86. The van der Waals surface area contributed by atoms with Crippen molar-refractivity contribution in [1.29, 1.82) is 0 Å². The molecule has 0 aliphatic heterocycles. The molecule has 0 atom stereocenters. The molecule has 1 N–H and O–H groups in total. The number of alkyl halides is 4. The van der Waals surface area contributed by atoms with Crippen LogP contribution in [0.15, 0.2) is 12.1 Å². The third kappa shape index (κ3) is 2.42. The molecule has 0 aromatic carbocycles. The van der Waals surface area contributed by atoms with E-state index in [0.717, 1.165) is 0 Å². The molecule has 0 radical (unpaired) electrons. The van der Waals surface area contributed by atoms with Crippen molar-refractivity contribution in [3.8, 4) is 0 Å². The van der Waals surface area contributed by atoms with Gasteiger partial charge in [0.05, 0.1) is 11.3 Å². The van der Waals surface area contributed by atoms with E-state index in [1.165, 1.54) is 0 Å². The molecule has 0 saturated heterocycles. The summed E-state index contributed by atoms with van der Waals surface area (Å²) in [6, 6.07) is 1.19. The minimum atomic E-state index is -4.71. The summed E-state index contributed by atoms with van der Waals surface area (Å²) in [5.41, 5.74) is -2.59. The van der Waals surface area contributed by atoms with Crippen LogP contribution in [0.3, 0.4) is 0 Å². The number of carbonyl (C=O) groups is 1. The number of halogens is 4. The van der Waals surface area contributed by atoms with Crippen LogP contribution in [0.25, 0.3) is 0 Å². The molecule has 1 heterocycles. The molecule has 0 spiro atoms. The van der Waals surface area contributed by atoms with Gasteiger partial charge in [-0.2, -0.15) is 13.2 Å². The number of carboxylic acids is 1. The minimum absolute atomic E-state index is 0.503. The van der Waals surface area contributed by atoms with Crippen LogP contribution >= 0.6 is 0 Å². The van der Waals surface area contributed by atoms with E-state index in [-0.39, 0.29) is 0 Å². The molecular formula is C8H5F4NO2. The number of pyridine rings is 1. The van der Waals surface area contributed by atoms with E-state index >= 15 is 0 Å². The van der Waals surface area contributed by atoms with E-state index in [9.17, 15) is 22.4 Å². The average Bonchev–Trinajstić information content (AvgIpc) is 2.15. The van der Waals surface area contributed by atoms with Crippen molar-refractivity contribution in [3.63, 3.8) is 0 Å². The lowest BCUT2D eigenvalue weighted by molar-refractivity contribution is -0.141. The highest BCUT2D eigenvalue weighted by atomic mass is 19.4. The fourth-order valence-electron chi connectivity index (χ4n) is 0.956. The fraction of sp³-hybridized carbons (Fsp3) is 0.250. The molecule has 82 valence electrons. The highest BCUT2D eigenvalue weighted by Gasteiger charge is 2.33. The quantitative estimate of drug-likeness (QED) is 0.782. The molecule has 1 aromatic heterocycles. The summed E-state index contributed by atoms with van der Waals surface area (Å²) in [5.74, 6) is -1.51. The third-order valence-corrected chi connectivity index (χ3v) is 1.62. The van der Waals surface area contributed by atoms with Crippen molar-refractivity contribution < 1.29 is 27.5 Å². The van der Waals surface area contributed by atoms with E-state index < -0.39 is 35.8 Å². The van der Waals surface area contributed by atoms with E-state index in [1.54, 1.807) is 0 Å². The van der Waals surface area contributed by atoms with Crippen LogP contribution < -0.4 is 0 Å². The highest BCUT2D eigenvalue weighted by molar-refractivity contribution is 5.88. The van der Waals surface area contributed by atoms with Gasteiger partial charge in [0.2, 0.25) is 0 Å². The molecule has 0 saturated carbocycles. The van der Waals surface area contributed by atoms with Crippen LogP contribution in [0.5, 0.6) is 0 Å². The number of aromatic nitrogens is 1. The number of rotatable bonds is 2. The van der Waals surface area contributed by atoms with Gasteiger partial charge in [0, 0.05) is 0 Å². The molecule has 0 aliphatic carbocycles. The molecule has 0 unspecified atom stereocenters. The molecule has 0 amide bonds. The van der Waals surface area contributed by atoms with Crippen molar-refractivity contribution in [3.05, 3.63) is 29.1 Å². The average molecular weight is 223 g/mol. The Hall–Kier alpha value is -1.66. The number of hydrogen-bond donors (Lipinski definition) is 1. The van der Waals surface area contributed by atoms with E-state index in [2.05, 4.69) is 4.98 Å². The van der Waals surface area contributed by atoms with Crippen molar-refractivity contribution >= 4 is 5.97 Å². The second-order valence-electron chi connectivity index (χ2n) is 2.63. The van der Waals surface area contributed by atoms with Crippen LogP contribution in [-0.4, -0.2) is 16.1 Å². The van der Waals surface area contributed by atoms with Crippen LogP contribution in [0.2, 0.25) is 0 Å². The first kappa shape index (κ1) is 11.4. The van der Waals surface area contributed by atoms with Crippen LogP contribution in [0.1, 0.15) is 21.7 Å². The smallest absolute Gasteiger partial charge is 0.433 e. The lowest BCUT2D eigenvalue weighted by Gasteiger charge is -2.08. The predicted molar refractivity (Wildman–Crippen MR) is 41.0 cm³/mol. The fourth-order valence-corrected chi connectivity index (χ4v) is 0.956. The van der Waals surface area contributed by atoms with Gasteiger partial charge in [-0.05, 0) is 12.1 Å².